The number of nitrogens with one attached hydrogen (secondary N) is 1. The van der Waals surface area contributed by atoms with Crippen molar-refractivity contribution in [3.05, 3.63) is 51.6 Å². The number of pyridine rings is 1. The molecular formula is C23H32N6O. The van der Waals surface area contributed by atoms with E-state index in [-0.39, 0.29) is 11.1 Å². The number of rotatable bonds is 7. The van der Waals surface area contributed by atoms with Gasteiger partial charge in [0.2, 0.25) is 0 Å². The third-order valence-corrected chi connectivity index (χ3v) is 6.61. The summed E-state index contributed by atoms with van der Waals surface area (Å²) in [5.74, 6) is 0.863. The molecule has 160 valence electrons. The molecule has 0 unspecified atom stereocenters. The molecule has 4 rings (SSSR count). The zero-order valence-corrected chi connectivity index (χ0v) is 18.5. The van der Waals surface area contributed by atoms with Crippen LogP contribution in [0.3, 0.4) is 0 Å². The van der Waals surface area contributed by atoms with E-state index in [4.69, 9.17) is 0 Å². The summed E-state index contributed by atoms with van der Waals surface area (Å²) in [6.07, 6.45) is 5.73. The molecule has 1 aliphatic rings. The molecule has 0 atom stereocenters. The van der Waals surface area contributed by atoms with Crippen molar-refractivity contribution in [2.45, 2.75) is 84.5 Å². The molecule has 1 aliphatic carbocycles. The zero-order valence-electron chi connectivity index (χ0n) is 18.5. The molecule has 2 aromatic heterocycles. The van der Waals surface area contributed by atoms with Gasteiger partial charge in [0.25, 0.3) is 5.56 Å². The van der Waals surface area contributed by atoms with Gasteiger partial charge in [-0.2, -0.15) is 0 Å². The SMILES string of the molecule is CCC(C)(C)n1nnnc1CN(Cc1cc2cc(C)ccc2[nH]c1=O)C1CCCC1. The number of hydrogen-bond donors (Lipinski definition) is 1. The van der Waals surface area contributed by atoms with E-state index in [0.29, 0.717) is 19.1 Å². The number of H-pyrrole nitrogens is 1. The van der Waals surface area contributed by atoms with Gasteiger partial charge in [-0.3, -0.25) is 9.69 Å². The molecule has 0 bridgehead atoms. The summed E-state index contributed by atoms with van der Waals surface area (Å²) in [5, 5.41) is 13.7. The van der Waals surface area contributed by atoms with Crippen LogP contribution in [0.5, 0.6) is 0 Å². The second-order valence-corrected chi connectivity index (χ2v) is 9.23. The van der Waals surface area contributed by atoms with Gasteiger partial charge >= 0.3 is 0 Å². The van der Waals surface area contributed by atoms with Crippen molar-refractivity contribution in [3.8, 4) is 0 Å². The number of aromatic nitrogens is 5. The Morgan fingerprint density at radius 3 is 2.70 bits per heavy atom. The van der Waals surface area contributed by atoms with Crippen LogP contribution in [0, 0.1) is 6.92 Å². The Labute approximate surface area is 177 Å². The Morgan fingerprint density at radius 1 is 1.20 bits per heavy atom. The summed E-state index contributed by atoms with van der Waals surface area (Å²) in [4.78, 5) is 18.3. The molecule has 0 spiro atoms. The lowest BCUT2D eigenvalue weighted by Crippen LogP contribution is -2.37. The number of aryl methyl sites for hydroxylation is 1. The molecule has 1 aromatic carbocycles. The first-order valence-electron chi connectivity index (χ1n) is 11.0. The van der Waals surface area contributed by atoms with Crippen LogP contribution in [0.15, 0.2) is 29.1 Å². The van der Waals surface area contributed by atoms with E-state index in [1.165, 1.54) is 18.4 Å². The first-order chi connectivity index (χ1) is 14.4. The number of tetrazole rings is 1. The van der Waals surface area contributed by atoms with E-state index in [0.717, 1.165) is 41.6 Å². The van der Waals surface area contributed by atoms with Crippen molar-refractivity contribution in [2.75, 3.05) is 0 Å². The summed E-state index contributed by atoms with van der Waals surface area (Å²) in [6, 6.07) is 8.62. The lowest BCUT2D eigenvalue weighted by atomic mass is 10.0. The molecule has 0 radical (unpaired) electrons. The van der Waals surface area contributed by atoms with Gasteiger partial charge in [0.15, 0.2) is 5.82 Å². The summed E-state index contributed by atoms with van der Waals surface area (Å²) in [6.45, 7) is 9.78. The maximum Gasteiger partial charge on any atom is 0.252 e. The fraction of sp³-hybridized carbons (Fsp3) is 0.565. The van der Waals surface area contributed by atoms with Crippen LogP contribution in [0.25, 0.3) is 10.9 Å². The van der Waals surface area contributed by atoms with Gasteiger partial charge in [-0.25, -0.2) is 4.68 Å². The number of hydrogen-bond acceptors (Lipinski definition) is 5. The summed E-state index contributed by atoms with van der Waals surface area (Å²) < 4.78 is 1.95. The minimum Gasteiger partial charge on any atom is -0.322 e. The van der Waals surface area contributed by atoms with Gasteiger partial charge in [-0.1, -0.05) is 31.4 Å². The Bertz CT molecular complexity index is 1080. The van der Waals surface area contributed by atoms with Gasteiger partial charge in [0.05, 0.1) is 12.1 Å². The Kier molecular flexibility index (Phi) is 5.73. The molecule has 3 aromatic rings. The van der Waals surface area contributed by atoms with Crippen LogP contribution >= 0.6 is 0 Å². The van der Waals surface area contributed by atoms with E-state index in [1.807, 2.05) is 22.9 Å². The van der Waals surface area contributed by atoms with Crippen molar-refractivity contribution in [1.29, 1.82) is 0 Å². The third kappa shape index (κ3) is 4.17. The van der Waals surface area contributed by atoms with Crippen molar-refractivity contribution in [2.24, 2.45) is 0 Å². The van der Waals surface area contributed by atoms with Crippen molar-refractivity contribution >= 4 is 10.9 Å². The molecule has 1 saturated carbocycles. The number of aromatic amines is 1. The molecule has 1 fully saturated rings. The van der Waals surface area contributed by atoms with Crippen LogP contribution in [0.1, 0.15) is 69.8 Å². The highest BCUT2D eigenvalue weighted by molar-refractivity contribution is 5.79. The average molecular weight is 409 g/mol. The maximum atomic E-state index is 12.8. The molecule has 0 amide bonds. The number of nitrogens with zero attached hydrogens (tertiary/aromatic N) is 5. The molecule has 0 saturated heterocycles. The minimum absolute atomic E-state index is 0.0113. The second-order valence-electron chi connectivity index (χ2n) is 9.23. The van der Waals surface area contributed by atoms with Crippen LogP contribution < -0.4 is 5.56 Å². The van der Waals surface area contributed by atoms with E-state index in [1.54, 1.807) is 0 Å². The second kappa shape index (κ2) is 8.30. The fourth-order valence-electron chi connectivity index (χ4n) is 4.40. The molecule has 2 heterocycles. The molecule has 7 nitrogen and oxygen atoms in total. The minimum atomic E-state index is -0.141. The maximum absolute atomic E-state index is 12.8. The summed E-state index contributed by atoms with van der Waals surface area (Å²) in [5.41, 5.74) is 2.72. The first-order valence-corrected chi connectivity index (χ1v) is 11.0. The van der Waals surface area contributed by atoms with E-state index < -0.39 is 0 Å². The van der Waals surface area contributed by atoms with Crippen LogP contribution in [-0.2, 0) is 18.6 Å². The lowest BCUT2D eigenvalue weighted by Gasteiger charge is -2.30. The highest BCUT2D eigenvalue weighted by atomic mass is 16.1. The Morgan fingerprint density at radius 2 is 1.97 bits per heavy atom. The molecule has 0 aliphatic heterocycles. The van der Waals surface area contributed by atoms with E-state index in [9.17, 15) is 4.79 Å². The fourth-order valence-corrected chi connectivity index (χ4v) is 4.40. The quantitative estimate of drug-likeness (QED) is 0.641. The highest BCUT2D eigenvalue weighted by Gasteiger charge is 2.28. The summed E-state index contributed by atoms with van der Waals surface area (Å²) >= 11 is 0. The average Bonchev–Trinajstić information content (AvgIpc) is 3.40. The van der Waals surface area contributed by atoms with Gasteiger partial charge in [0, 0.05) is 23.7 Å². The zero-order chi connectivity index (χ0) is 21.3. The van der Waals surface area contributed by atoms with Gasteiger partial charge in [0.1, 0.15) is 0 Å². The number of fused-ring (bicyclic) bond motifs is 1. The normalized spacial score (nSPS) is 15.5. The lowest BCUT2D eigenvalue weighted by molar-refractivity contribution is 0.164. The topological polar surface area (TPSA) is 79.7 Å². The molecular weight excluding hydrogens is 376 g/mol. The smallest absolute Gasteiger partial charge is 0.252 e. The highest BCUT2D eigenvalue weighted by Crippen LogP contribution is 2.27. The van der Waals surface area contributed by atoms with Crippen molar-refractivity contribution in [1.82, 2.24) is 30.1 Å². The first kappa shape index (κ1) is 20.7. The predicted octanol–water partition coefficient (Wildman–Crippen LogP) is 3.91. The van der Waals surface area contributed by atoms with Gasteiger partial charge in [-0.15, -0.1) is 5.10 Å². The summed E-state index contributed by atoms with van der Waals surface area (Å²) in [7, 11) is 0. The van der Waals surface area contributed by atoms with Crippen molar-refractivity contribution < 1.29 is 0 Å². The number of benzene rings is 1. The van der Waals surface area contributed by atoms with Crippen LogP contribution in [-0.4, -0.2) is 36.1 Å². The Balaban J connectivity index is 1.66. The standard InChI is InChI=1S/C23H32N6O/c1-5-23(3,4)29-21(25-26-27-29)15-28(19-8-6-7-9-19)14-18-13-17-12-16(2)10-11-20(17)24-22(18)30/h10-13,19H,5-9,14-15H2,1-4H3,(H,24,30). The third-order valence-electron chi connectivity index (χ3n) is 6.61. The van der Waals surface area contributed by atoms with Crippen LogP contribution in [0.2, 0.25) is 0 Å². The van der Waals surface area contributed by atoms with Crippen molar-refractivity contribution in [3.63, 3.8) is 0 Å². The van der Waals surface area contributed by atoms with Gasteiger partial charge < -0.3 is 4.98 Å². The largest absolute Gasteiger partial charge is 0.322 e. The predicted molar refractivity (Wildman–Crippen MR) is 118 cm³/mol. The monoisotopic (exact) mass is 408 g/mol. The molecule has 30 heavy (non-hydrogen) atoms. The molecule has 1 N–H and O–H groups in total. The van der Waals surface area contributed by atoms with Gasteiger partial charge in [-0.05, 0) is 74.0 Å². The van der Waals surface area contributed by atoms with Crippen LogP contribution in [0.4, 0.5) is 0 Å². The molecule has 7 heteroatoms. The Hall–Kier alpha value is -2.54. The van der Waals surface area contributed by atoms with E-state index >= 15 is 0 Å². The van der Waals surface area contributed by atoms with E-state index in [2.05, 4.69) is 59.2 Å².